The van der Waals surface area contributed by atoms with Crippen molar-refractivity contribution in [3.8, 4) is 0 Å². The van der Waals surface area contributed by atoms with E-state index in [-0.39, 0.29) is 11.9 Å². The van der Waals surface area contributed by atoms with Crippen LogP contribution in [-0.4, -0.2) is 75.1 Å². The van der Waals surface area contributed by atoms with Crippen LogP contribution in [0.1, 0.15) is 37.3 Å². The third kappa shape index (κ3) is 5.28. The first-order valence-corrected chi connectivity index (χ1v) is 10.8. The van der Waals surface area contributed by atoms with Gasteiger partial charge >= 0.3 is 0 Å². The molecule has 3 heterocycles. The number of hydrogen-bond donors (Lipinski definition) is 2. The number of likely N-dealkylation sites (tertiary alicyclic amines) is 2. The summed E-state index contributed by atoms with van der Waals surface area (Å²) in [7, 11) is 0. The number of aliphatic hydroxyl groups is 1. The van der Waals surface area contributed by atoms with Crippen LogP contribution >= 0.6 is 0 Å². The summed E-state index contributed by atoms with van der Waals surface area (Å²) in [5.41, 5.74) is 2.75. The normalized spacial score (nSPS) is 24.5. The van der Waals surface area contributed by atoms with E-state index in [0.29, 0.717) is 12.6 Å². The molecule has 2 N–H and O–H groups in total. The van der Waals surface area contributed by atoms with Gasteiger partial charge in [0.05, 0.1) is 13.2 Å². The molecule has 2 aliphatic rings. The number of likely N-dealkylation sites (N-methyl/N-ethyl adjacent to an activating group) is 1. The first kappa shape index (κ1) is 22.5. The minimum atomic E-state index is -0.250. The molecule has 1 aromatic carbocycles. The summed E-state index contributed by atoms with van der Waals surface area (Å²) in [6.07, 6.45) is 7.32. The van der Waals surface area contributed by atoms with Gasteiger partial charge in [0.25, 0.3) is 6.47 Å². The largest absolute Gasteiger partial charge is 0.483 e. The van der Waals surface area contributed by atoms with E-state index in [0.717, 1.165) is 45.7 Å². The molecule has 2 aromatic rings. The lowest BCUT2D eigenvalue weighted by molar-refractivity contribution is -0.122. The van der Waals surface area contributed by atoms with Crippen LogP contribution in [0.3, 0.4) is 0 Å². The number of aromatic nitrogens is 2. The Hall–Kier alpha value is -2.22. The zero-order valence-corrected chi connectivity index (χ0v) is 17.9. The number of piperidine rings is 2. The van der Waals surface area contributed by atoms with Crippen molar-refractivity contribution in [2.75, 3.05) is 32.8 Å². The molecule has 0 saturated carbocycles. The van der Waals surface area contributed by atoms with Crippen molar-refractivity contribution in [2.24, 2.45) is 5.41 Å². The van der Waals surface area contributed by atoms with Crippen LogP contribution in [0.4, 0.5) is 0 Å². The van der Waals surface area contributed by atoms with Crippen molar-refractivity contribution in [3.63, 3.8) is 0 Å². The van der Waals surface area contributed by atoms with E-state index in [2.05, 4.69) is 46.1 Å². The highest BCUT2D eigenvalue weighted by molar-refractivity contribution is 5.32. The maximum atomic E-state index is 10.3. The van der Waals surface area contributed by atoms with E-state index in [4.69, 9.17) is 9.90 Å². The van der Waals surface area contributed by atoms with Crippen molar-refractivity contribution in [1.29, 1.82) is 0 Å². The number of aliphatic hydroxyl groups excluding tert-OH is 1. The summed E-state index contributed by atoms with van der Waals surface area (Å²) < 4.78 is 1.97. The highest BCUT2D eigenvalue weighted by Crippen LogP contribution is 2.42. The smallest absolute Gasteiger partial charge is 0.290 e. The van der Waals surface area contributed by atoms with Gasteiger partial charge in [-0.2, -0.15) is 5.10 Å². The molecule has 2 aliphatic heterocycles. The molecule has 2 saturated heterocycles. The Bertz CT molecular complexity index is 783. The summed E-state index contributed by atoms with van der Waals surface area (Å²) in [6.45, 7) is 8.55. The summed E-state index contributed by atoms with van der Waals surface area (Å²) in [4.78, 5) is 13.5. The Balaban J connectivity index is 0.000000806. The summed E-state index contributed by atoms with van der Waals surface area (Å²) in [6, 6.07) is 11.3. The maximum absolute atomic E-state index is 10.3. The predicted molar refractivity (Wildman–Crippen MR) is 116 cm³/mol. The molecule has 30 heavy (non-hydrogen) atoms. The third-order valence-corrected chi connectivity index (χ3v) is 6.67. The second-order valence-corrected chi connectivity index (χ2v) is 8.38. The summed E-state index contributed by atoms with van der Waals surface area (Å²) in [5.74, 6) is 0. The standard InChI is InChI=1S/C22H32N4O.CH2O2/c1-2-24-13-9-22(18-27)8-4-11-25(21(22)17-24)15-19-6-3-7-20(14-19)16-26-12-5-10-23-26;2-1-3/h3,5-7,10,12,14,21,27H,2,4,8-9,11,13,15-18H2,1H3;1H,(H,2,3)/t21-,22-;/m1./s1. The van der Waals surface area contributed by atoms with Gasteiger partial charge in [-0.1, -0.05) is 31.2 Å². The van der Waals surface area contributed by atoms with Gasteiger partial charge in [0, 0.05) is 36.9 Å². The molecule has 4 rings (SSSR count). The molecule has 7 nitrogen and oxygen atoms in total. The van der Waals surface area contributed by atoms with Crippen LogP contribution in [0.2, 0.25) is 0 Å². The number of fused-ring (bicyclic) bond motifs is 1. The fourth-order valence-corrected chi connectivity index (χ4v) is 5.04. The molecule has 7 heteroatoms. The Morgan fingerprint density at radius 3 is 2.63 bits per heavy atom. The molecule has 0 amide bonds. The number of rotatable bonds is 6. The highest BCUT2D eigenvalue weighted by atomic mass is 16.3. The topological polar surface area (TPSA) is 81.8 Å². The molecule has 0 unspecified atom stereocenters. The number of carbonyl (C=O) groups is 1. The van der Waals surface area contributed by atoms with Gasteiger partial charge in [-0.3, -0.25) is 14.4 Å². The quantitative estimate of drug-likeness (QED) is 0.706. The molecule has 2 fully saturated rings. The average molecular weight is 415 g/mol. The second kappa shape index (κ2) is 10.7. The first-order valence-electron chi connectivity index (χ1n) is 10.8. The summed E-state index contributed by atoms with van der Waals surface area (Å²) in [5, 5.41) is 21.5. The number of benzene rings is 1. The molecule has 0 spiro atoms. The number of hydrogen-bond acceptors (Lipinski definition) is 5. The lowest BCUT2D eigenvalue weighted by Crippen LogP contribution is -2.62. The van der Waals surface area contributed by atoms with Gasteiger partial charge < -0.3 is 15.1 Å². The summed E-state index contributed by atoms with van der Waals surface area (Å²) >= 11 is 0. The van der Waals surface area contributed by atoms with E-state index < -0.39 is 0 Å². The van der Waals surface area contributed by atoms with E-state index in [9.17, 15) is 5.11 Å². The second-order valence-electron chi connectivity index (χ2n) is 8.38. The monoisotopic (exact) mass is 414 g/mol. The molecule has 0 aliphatic carbocycles. The molecule has 1 aromatic heterocycles. The molecule has 0 bridgehead atoms. The van der Waals surface area contributed by atoms with Crippen molar-refractivity contribution < 1.29 is 15.0 Å². The Morgan fingerprint density at radius 1 is 1.20 bits per heavy atom. The van der Waals surface area contributed by atoms with Gasteiger partial charge in [0.1, 0.15) is 0 Å². The van der Waals surface area contributed by atoms with Crippen molar-refractivity contribution in [1.82, 2.24) is 19.6 Å². The predicted octanol–water partition coefficient (Wildman–Crippen LogP) is 2.30. The SMILES string of the molecule is CCN1CC[C@@]2(CO)CCCN(Cc3cccc(Cn4cccn4)c3)[C@@H]2C1.O=CO. The van der Waals surface area contributed by atoms with Crippen molar-refractivity contribution >= 4 is 6.47 Å². The molecule has 2 atom stereocenters. The van der Waals surface area contributed by atoms with Crippen LogP contribution in [0.15, 0.2) is 42.7 Å². The zero-order valence-electron chi connectivity index (χ0n) is 17.9. The van der Waals surface area contributed by atoms with E-state index in [1.807, 2.05) is 23.1 Å². The van der Waals surface area contributed by atoms with Gasteiger partial charge in [-0.25, -0.2) is 0 Å². The van der Waals surface area contributed by atoms with Crippen molar-refractivity contribution in [2.45, 2.75) is 45.3 Å². The fraction of sp³-hybridized carbons (Fsp3) is 0.565. The third-order valence-electron chi connectivity index (χ3n) is 6.67. The minimum Gasteiger partial charge on any atom is -0.483 e. The Morgan fingerprint density at radius 2 is 1.97 bits per heavy atom. The average Bonchev–Trinajstić information content (AvgIpc) is 3.27. The van der Waals surface area contributed by atoms with E-state index >= 15 is 0 Å². The lowest BCUT2D eigenvalue weighted by atomic mass is 9.69. The minimum absolute atomic E-state index is 0.0938. The molecule has 0 radical (unpaired) electrons. The van der Waals surface area contributed by atoms with E-state index in [1.54, 1.807) is 0 Å². The molecule has 164 valence electrons. The van der Waals surface area contributed by atoms with E-state index in [1.165, 1.54) is 24.0 Å². The lowest BCUT2D eigenvalue weighted by Gasteiger charge is -2.54. The number of carboxylic acid groups (broad SMARTS) is 1. The van der Waals surface area contributed by atoms with Crippen LogP contribution in [0, 0.1) is 5.41 Å². The first-order chi connectivity index (χ1) is 14.6. The maximum Gasteiger partial charge on any atom is 0.290 e. The van der Waals surface area contributed by atoms with Crippen LogP contribution in [-0.2, 0) is 17.9 Å². The Kier molecular flexibility index (Phi) is 8.01. The Labute approximate surface area is 178 Å². The number of nitrogens with zero attached hydrogens (tertiary/aromatic N) is 4. The van der Waals surface area contributed by atoms with Gasteiger partial charge in [-0.05, 0) is 56.1 Å². The van der Waals surface area contributed by atoms with Crippen LogP contribution in [0.5, 0.6) is 0 Å². The zero-order chi connectivity index (χ0) is 21.4. The van der Waals surface area contributed by atoms with Crippen LogP contribution < -0.4 is 0 Å². The van der Waals surface area contributed by atoms with Gasteiger partial charge in [-0.15, -0.1) is 0 Å². The highest BCUT2D eigenvalue weighted by Gasteiger charge is 2.47. The van der Waals surface area contributed by atoms with Crippen LogP contribution in [0.25, 0.3) is 0 Å². The fourth-order valence-electron chi connectivity index (χ4n) is 5.04. The molecular formula is C23H34N4O3. The van der Waals surface area contributed by atoms with Gasteiger partial charge in [0.15, 0.2) is 0 Å². The van der Waals surface area contributed by atoms with Gasteiger partial charge in [0.2, 0.25) is 0 Å². The van der Waals surface area contributed by atoms with Crippen molar-refractivity contribution in [3.05, 3.63) is 53.9 Å². The molecular weight excluding hydrogens is 380 g/mol.